The number of benzene rings is 1. The summed E-state index contributed by atoms with van der Waals surface area (Å²) in [6.45, 7) is 2.36. The molecule has 0 bridgehead atoms. The quantitative estimate of drug-likeness (QED) is 0.657. The fraction of sp³-hybridized carbons (Fsp3) is 0.300. The van der Waals surface area contributed by atoms with E-state index >= 15 is 0 Å². The summed E-state index contributed by atoms with van der Waals surface area (Å²) in [7, 11) is 0. The van der Waals surface area contributed by atoms with Gasteiger partial charge in [-0.15, -0.1) is 0 Å². The molecule has 1 aliphatic rings. The lowest BCUT2D eigenvalue weighted by Gasteiger charge is -2.17. The minimum Gasteiger partial charge on any atom is -0.370 e. The summed E-state index contributed by atoms with van der Waals surface area (Å²) < 4.78 is 2.27. The van der Waals surface area contributed by atoms with Crippen LogP contribution in [-0.4, -0.2) is 33.5 Å². The minimum absolute atomic E-state index is 0.160. The largest absolute Gasteiger partial charge is 0.370 e. The van der Waals surface area contributed by atoms with Crippen molar-refractivity contribution in [2.75, 3.05) is 23.3 Å². The van der Waals surface area contributed by atoms with Gasteiger partial charge < -0.3 is 10.2 Å². The second-order valence-electron chi connectivity index (χ2n) is 6.80. The van der Waals surface area contributed by atoms with E-state index in [0.717, 1.165) is 23.2 Å². The van der Waals surface area contributed by atoms with Crippen LogP contribution < -0.4 is 15.8 Å². The molecule has 7 nitrogen and oxygen atoms in total. The van der Waals surface area contributed by atoms with Gasteiger partial charge in [-0.05, 0) is 43.2 Å². The van der Waals surface area contributed by atoms with Crippen molar-refractivity contribution in [1.29, 1.82) is 0 Å². The van der Waals surface area contributed by atoms with Crippen molar-refractivity contribution in [3.63, 3.8) is 0 Å². The molecule has 0 spiro atoms. The first-order chi connectivity index (χ1) is 13.6. The van der Waals surface area contributed by atoms with E-state index in [0.29, 0.717) is 16.7 Å². The lowest BCUT2D eigenvalue weighted by molar-refractivity contribution is -0.116. The average Bonchev–Trinajstić information content (AvgIpc) is 3.23. The Morgan fingerprint density at radius 1 is 1.14 bits per heavy atom. The summed E-state index contributed by atoms with van der Waals surface area (Å²) in [5.41, 5.74) is 1.55. The van der Waals surface area contributed by atoms with Gasteiger partial charge in [0.25, 0.3) is 5.56 Å². The second-order valence-corrected chi connectivity index (χ2v) is 7.71. The fourth-order valence-electron chi connectivity index (χ4n) is 3.34. The SMILES string of the molecule is O=C(CCn1cnc2ccc(Br)cc2c1=O)Nc1ccc(N2CCCC2)cn1. The predicted molar refractivity (Wildman–Crippen MR) is 113 cm³/mol. The summed E-state index contributed by atoms with van der Waals surface area (Å²) in [5.74, 6) is 0.323. The molecule has 0 radical (unpaired) electrons. The van der Waals surface area contributed by atoms with Crippen molar-refractivity contribution in [3.05, 3.63) is 57.7 Å². The summed E-state index contributed by atoms with van der Waals surface area (Å²) in [6, 6.07) is 9.16. The Morgan fingerprint density at radius 3 is 2.71 bits per heavy atom. The van der Waals surface area contributed by atoms with Gasteiger partial charge in [0.05, 0.1) is 29.1 Å². The Morgan fingerprint density at radius 2 is 1.96 bits per heavy atom. The van der Waals surface area contributed by atoms with Crippen LogP contribution in [0.3, 0.4) is 0 Å². The van der Waals surface area contributed by atoms with Crippen LogP contribution in [0.5, 0.6) is 0 Å². The molecule has 8 heteroatoms. The molecule has 0 aliphatic carbocycles. The Kier molecular flexibility index (Phi) is 5.38. The molecule has 0 atom stereocenters. The summed E-state index contributed by atoms with van der Waals surface area (Å²) >= 11 is 3.37. The van der Waals surface area contributed by atoms with Gasteiger partial charge in [-0.25, -0.2) is 9.97 Å². The summed E-state index contributed by atoms with van der Waals surface area (Å²) in [6.07, 6.45) is 5.85. The smallest absolute Gasteiger partial charge is 0.261 e. The van der Waals surface area contributed by atoms with Gasteiger partial charge in [0.1, 0.15) is 5.82 Å². The van der Waals surface area contributed by atoms with E-state index in [2.05, 4.69) is 36.1 Å². The van der Waals surface area contributed by atoms with Crippen molar-refractivity contribution >= 4 is 44.2 Å². The van der Waals surface area contributed by atoms with Crippen LogP contribution in [0.25, 0.3) is 10.9 Å². The monoisotopic (exact) mass is 441 g/mol. The maximum absolute atomic E-state index is 12.6. The van der Waals surface area contributed by atoms with Crippen LogP contribution in [0.1, 0.15) is 19.3 Å². The topological polar surface area (TPSA) is 80.1 Å². The number of hydrogen-bond acceptors (Lipinski definition) is 5. The molecule has 1 fully saturated rings. The maximum Gasteiger partial charge on any atom is 0.261 e. The fourth-order valence-corrected chi connectivity index (χ4v) is 3.70. The standard InChI is InChI=1S/C20H20BrN5O2/c21-14-3-5-17-16(11-14)20(28)26(13-23-17)10-7-19(27)24-18-6-4-15(12-22-18)25-8-1-2-9-25/h3-6,11-13H,1-2,7-10H2,(H,22,24,27). The summed E-state index contributed by atoms with van der Waals surface area (Å²) in [4.78, 5) is 35.7. The Balaban J connectivity index is 1.38. The molecule has 3 heterocycles. The number of carbonyl (C=O) groups excluding carboxylic acids is 1. The third-order valence-corrected chi connectivity index (χ3v) is 5.35. The number of carbonyl (C=O) groups is 1. The van der Waals surface area contributed by atoms with Crippen molar-refractivity contribution in [2.45, 2.75) is 25.8 Å². The molecule has 0 saturated carbocycles. The highest BCUT2D eigenvalue weighted by Crippen LogP contribution is 2.20. The zero-order valence-corrected chi connectivity index (χ0v) is 16.9. The number of nitrogens with zero attached hydrogens (tertiary/aromatic N) is 4. The number of nitrogens with one attached hydrogen (secondary N) is 1. The average molecular weight is 442 g/mol. The zero-order valence-electron chi connectivity index (χ0n) is 15.3. The molecule has 3 aromatic rings. The molecule has 2 aromatic heterocycles. The Labute approximate surface area is 170 Å². The number of halogens is 1. The zero-order chi connectivity index (χ0) is 19.5. The van der Waals surface area contributed by atoms with E-state index < -0.39 is 0 Å². The molecule has 4 rings (SSSR count). The number of fused-ring (bicyclic) bond motifs is 1. The van der Waals surface area contributed by atoms with E-state index in [9.17, 15) is 9.59 Å². The summed E-state index contributed by atoms with van der Waals surface area (Å²) in [5, 5.41) is 3.31. The van der Waals surface area contributed by atoms with Crippen LogP contribution in [0.2, 0.25) is 0 Å². The van der Waals surface area contributed by atoms with Crippen LogP contribution in [-0.2, 0) is 11.3 Å². The van der Waals surface area contributed by atoms with Gasteiger partial charge in [-0.2, -0.15) is 0 Å². The number of amides is 1. The number of pyridine rings is 1. The van der Waals surface area contributed by atoms with Gasteiger partial charge >= 0.3 is 0 Å². The normalized spacial score (nSPS) is 13.8. The lowest BCUT2D eigenvalue weighted by atomic mass is 10.2. The molecule has 1 saturated heterocycles. The van der Waals surface area contributed by atoms with E-state index in [-0.39, 0.29) is 24.4 Å². The lowest BCUT2D eigenvalue weighted by Crippen LogP contribution is -2.24. The first-order valence-electron chi connectivity index (χ1n) is 9.26. The van der Waals surface area contributed by atoms with Crippen LogP contribution >= 0.6 is 15.9 Å². The molecule has 1 N–H and O–H groups in total. The third-order valence-electron chi connectivity index (χ3n) is 4.85. The van der Waals surface area contributed by atoms with Crippen LogP contribution in [0.15, 0.2) is 52.1 Å². The van der Waals surface area contributed by atoms with Gasteiger partial charge in [0.15, 0.2) is 0 Å². The van der Waals surface area contributed by atoms with Gasteiger partial charge in [0, 0.05) is 30.5 Å². The van der Waals surface area contributed by atoms with E-state index in [1.54, 1.807) is 18.3 Å². The number of aromatic nitrogens is 3. The molecule has 144 valence electrons. The molecule has 1 aromatic carbocycles. The Bertz CT molecular complexity index is 1060. The van der Waals surface area contributed by atoms with E-state index in [4.69, 9.17) is 0 Å². The minimum atomic E-state index is -0.192. The first kappa shape index (κ1) is 18.6. The molecule has 0 unspecified atom stereocenters. The van der Waals surface area contributed by atoms with Crippen molar-refractivity contribution in [2.24, 2.45) is 0 Å². The number of rotatable bonds is 5. The molecular weight excluding hydrogens is 422 g/mol. The first-order valence-corrected chi connectivity index (χ1v) is 10.0. The van der Waals surface area contributed by atoms with Crippen LogP contribution in [0.4, 0.5) is 11.5 Å². The molecule has 1 amide bonds. The highest BCUT2D eigenvalue weighted by atomic mass is 79.9. The highest BCUT2D eigenvalue weighted by molar-refractivity contribution is 9.10. The van der Waals surface area contributed by atoms with Crippen molar-refractivity contribution in [3.8, 4) is 0 Å². The van der Waals surface area contributed by atoms with Crippen LogP contribution in [0, 0.1) is 0 Å². The van der Waals surface area contributed by atoms with Crippen molar-refractivity contribution < 1.29 is 4.79 Å². The highest BCUT2D eigenvalue weighted by Gasteiger charge is 2.13. The molecule has 1 aliphatic heterocycles. The van der Waals surface area contributed by atoms with Gasteiger partial charge in [-0.3, -0.25) is 14.2 Å². The number of hydrogen-bond donors (Lipinski definition) is 1. The Hall–Kier alpha value is -2.74. The third kappa shape index (κ3) is 4.06. The van der Waals surface area contributed by atoms with Gasteiger partial charge in [0.2, 0.25) is 5.91 Å². The van der Waals surface area contributed by atoms with E-state index in [1.165, 1.54) is 23.7 Å². The van der Waals surface area contributed by atoms with E-state index in [1.807, 2.05) is 18.2 Å². The predicted octanol–water partition coefficient (Wildman–Crippen LogP) is 3.18. The number of aryl methyl sites for hydroxylation is 1. The second kappa shape index (κ2) is 8.10. The molecular formula is C20H20BrN5O2. The maximum atomic E-state index is 12.6. The van der Waals surface area contributed by atoms with Gasteiger partial charge in [-0.1, -0.05) is 15.9 Å². The molecule has 28 heavy (non-hydrogen) atoms. The van der Waals surface area contributed by atoms with Crippen molar-refractivity contribution in [1.82, 2.24) is 14.5 Å². The number of anilines is 2.